The Labute approximate surface area is 217 Å². The van der Waals surface area contributed by atoms with Gasteiger partial charge in [0.2, 0.25) is 0 Å². The zero-order valence-electron chi connectivity index (χ0n) is 22.0. The Morgan fingerprint density at radius 1 is 1.03 bits per heavy atom. The number of fused-ring (bicyclic) bond motifs is 5. The largest absolute Gasteiger partial charge is 0.478 e. The summed E-state index contributed by atoms with van der Waals surface area (Å²) in [5.74, 6) is -0.0311. The van der Waals surface area contributed by atoms with Crippen LogP contribution in [0.2, 0.25) is 0 Å². The highest BCUT2D eigenvalue weighted by Crippen LogP contribution is 2.66. The molecule has 0 unspecified atom stereocenters. The molecule has 0 aromatic rings. The van der Waals surface area contributed by atoms with E-state index in [0.29, 0.717) is 30.1 Å². The number of esters is 1. The van der Waals surface area contributed by atoms with Crippen molar-refractivity contribution < 1.29 is 42.4 Å². The van der Waals surface area contributed by atoms with E-state index in [-0.39, 0.29) is 42.6 Å². The van der Waals surface area contributed by atoms with Crippen LogP contribution in [0.4, 0.5) is 13.2 Å². The van der Waals surface area contributed by atoms with E-state index >= 15 is 0 Å². The number of rotatable bonds is 7. The molecule has 0 heterocycles. The van der Waals surface area contributed by atoms with Crippen molar-refractivity contribution in [3.63, 3.8) is 0 Å². The molecule has 0 saturated heterocycles. The Morgan fingerprint density at radius 3 is 2.38 bits per heavy atom. The summed E-state index contributed by atoms with van der Waals surface area (Å²) in [4.78, 5) is 23.0. The summed E-state index contributed by atoms with van der Waals surface area (Å²) in [6.07, 6.45) is 2.41. The fourth-order valence-corrected chi connectivity index (χ4v) is 9.08. The van der Waals surface area contributed by atoms with Gasteiger partial charge in [-0.05, 0) is 105 Å². The molecule has 9 heteroatoms. The monoisotopic (exact) mass is 530 g/mol. The third kappa shape index (κ3) is 5.32. The van der Waals surface area contributed by atoms with Gasteiger partial charge in [-0.2, -0.15) is 13.2 Å². The summed E-state index contributed by atoms with van der Waals surface area (Å²) in [6, 6.07) is 0. The minimum Gasteiger partial charge on any atom is -0.478 e. The number of carboxylic acid groups (broad SMARTS) is 1. The van der Waals surface area contributed by atoms with Crippen LogP contribution in [-0.2, 0) is 19.1 Å². The lowest BCUT2D eigenvalue weighted by molar-refractivity contribution is -0.282. The number of carbonyl (C=O) groups excluding carboxylic acids is 1. The van der Waals surface area contributed by atoms with Crippen molar-refractivity contribution in [1.82, 2.24) is 0 Å². The summed E-state index contributed by atoms with van der Waals surface area (Å²) in [6.45, 7) is 4.65. The number of hydrogen-bond acceptors (Lipinski definition) is 5. The van der Waals surface area contributed by atoms with Crippen LogP contribution in [-0.4, -0.2) is 53.7 Å². The van der Waals surface area contributed by atoms with E-state index in [1.807, 2.05) is 0 Å². The van der Waals surface area contributed by atoms with Gasteiger partial charge in [0.05, 0.1) is 6.61 Å². The fraction of sp³-hybridized carbons (Fsp3) is 0.857. The number of aliphatic hydroxyl groups is 1. The number of aliphatic carboxylic acids is 1. The maximum absolute atomic E-state index is 13.5. The number of halogens is 3. The van der Waals surface area contributed by atoms with Gasteiger partial charge in [-0.3, -0.25) is 0 Å². The Balaban J connectivity index is 1.46. The molecular weight excluding hydrogens is 489 g/mol. The summed E-state index contributed by atoms with van der Waals surface area (Å²) >= 11 is 0. The summed E-state index contributed by atoms with van der Waals surface area (Å²) in [7, 11) is 1.55. The molecule has 0 aliphatic heterocycles. The number of methoxy groups -OCH3 is 1. The average molecular weight is 531 g/mol. The van der Waals surface area contributed by atoms with Crippen molar-refractivity contribution in [3.05, 3.63) is 12.2 Å². The second-order valence-electron chi connectivity index (χ2n) is 12.4. The van der Waals surface area contributed by atoms with Crippen LogP contribution in [0.25, 0.3) is 0 Å². The van der Waals surface area contributed by atoms with E-state index in [1.54, 1.807) is 7.11 Å². The minimum atomic E-state index is -4.57. The van der Waals surface area contributed by atoms with Crippen molar-refractivity contribution in [2.45, 2.75) is 89.5 Å². The number of carboxylic acids is 1. The molecule has 2 N–H and O–H groups in total. The van der Waals surface area contributed by atoms with Gasteiger partial charge >= 0.3 is 18.1 Å². The lowest BCUT2D eigenvalue weighted by Crippen LogP contribution is -2.55. The smallest absolute Gasteiger partial charge is 0.417 e. The third-order valence-corrected chi connectivity index (χ3v) is 10.8. The lowest BCUT2D eigenvalue weighted by Gasteiger charge is -2.57. The molecule has 0 aromatic heterocycles. The van der Waals surface area contributed by atoms with E-state index in [1.165, 1.54) is 0 Å². The summed E-state index contributed by atoms with van der Waals surface area (Å²) in [5, 5.41) is 19.1. The standard InChI is InChI=1S/C28H41F3O6/c1-16(23(15-36-3)37-25(34)9-8-24(32)33)21-6-7-22-20-5-4-17-14-27(35,28(29,30)31)13-11-18(17)19(20)10-12-26(21,22)2/h8-9,16-23,35H,4-7,10-15H2,1-3H3,(H,32,33)/b9-8+/t16-,17+,18-,19+,20+,21+,22-,23+,26+,27+/m0/s1. The lowest BCUT2D eigenvalue weighted by atomic mass is 9.48. The molecule has 0 radical (unpaired) electrons. The highest BCUT2D eigenvalue weighted by molar-refractivity contribution is 5.90. The number of ether oxygens (including phenoxy) is 2. The van der Waals surface area contributed by atoms with Gasteiger partial charge < -0.3 is 19.7 Å². The molecule has 0 amide bonds. The quantitative estimate of drug-likeness (QED) is 0.339. The van der Waals surface area contributed by atoms with Gasteiger partial charge in [-0.25, -0.2) is 9.59 Å². The molecule has 210 valence electrons. The van der Waals surface area contributed by atoms with Gasteiger partial charge in [0.15, 0.2) is 5.60 Å². The highest BCUT2D eigenvalue weighted by Gasteiger charge is 2.62. The van der Waals surface area contributed by atoms with Crippen molar-refractivity contribution in [3.8, 4) is 0 Å². The van der Waals surface area contributed by atoms with E-state index < -0.39 is 29.8 Å². The Morgan fingerprint density at radius 2 is 1.73 bits per heavy atom. The predicted octanol–water partition coefficient (Wildman–Crippen LogP) is 5.38. The first kappa shape index (κ1) is 28.4. The molecule has 4 aliphatic carbocycles. The third-order valence-electron chi connectivity index (χ3n) is 10.8. The van der Waals surface area contributed by atoms with Crippen LogP contribution in [0.15, 0.2) is 12.2 Å². The molecule has 4 rings (SSSR count). The minimum absolute atomic E-state index is 0.0153. The molecule has 0 spiro atoms. The molecule has 0 bridgehead atoms. The first-order valence-corrected chi connectivity index (χ1v) is 13.7. The second-order valence-corrected chi connectivity index (χ2v) is 12.4. The first-order chi connectivity index (χ1) is 17.3. The highest BCUT2D eigenvalue weighted by atomic mass is 19.4. The summed E-state index contributed by atoms with van der Waals surface area (Å²) in [5.41, 5.74) is -2.49. The summed E-state index contributed by atoms with van der Waals surface area (Å²) < 4.78 is 51.5. The average Bonchev–Trinajstić information content (AvgIpc) is 3.18. The topological polar surface area (TPSA) is 93.1 Å². The Kier molecular flexibility index (Phi) is 8.07. The SMILES string of the molecule is COC[C@@H](OC(=O)/C=C/C(=O)O)[C@@H](C)[C@H]1CC[C@H]2[C@@H]3CC[C@@H]4C[C@@](O)(C(F)(F)F)CC[C@@H]4[C@H]3CC[C@]12C. The number of carbonyl (C=O) groups is 2. The Hall–Kier alpha value is -1.61. The Bertz CT molecular complexity index is 890. The zero-order chi connectivity index (χ0) is 27.2. The maximum Gasteiger partial charge on any atom is 0.417 e. The molecule has 4 aliphatic rings. The molecule has 0 aromatic carbocycles. The van der Waals surface area contributed by atoms with Crippen LogP contribution in [0.3, 0.4) is 0 Å². The normalized spacial score (nSPS) is 41.4. The van der Waals surface area contributed by atoms with Crippen LogP contribution >= 0.6 is 0 Å². The van der Waals surface area contributed by atoms with Gasteiger partial charge in [0.25, 0.3) is 0 Å². The van der Waals surface area contributed by atoms with E-state index in [9.17, 15) is 27.9 Å². The molecule has 4 fully saturated rings. The van der Waals surface area contributed by atoms with Crippen molar-refractivity contribution >= 4 is 11.9 Å². The van der Waals surface area contributed by atoms with E-state index in [4.69, 9.17) is 14.6 Å². The van der Waals surface area contributed by atoms with E-state index in [2.05, 4.69) is 13.8 Å². The first-order valence-electron chi connectivity index (χ1n) is 13.7. The fourth-order valence-electron chi connectivity index (χ4n) is 9.08. The van der Waals surface area contributed by atoms with E-state index in [0.717, 1.165) is 50.7 Å². The molecule has 6 nitrogen and oxygen atoms in total. The molecule has 37 heavy (non-hydrogen) atoms. The van der Waals surface area contributed by atoms with Crippen LogP contribution in [0, 0.1) is 46.8 Å². The van der Waals surface area contributed by atoms with Gasteiger partial charge in [0, 0.05) is 19.3 Å². The zero-order valence-corrected chi connectivity index (χ0v) is 22.0. The molecule has 10 atom stereocenters. The van der Waals surface area contributed by atoms with Crippen molar-refractivity contribution in [1.29, 1.82) is 0 Å². The predicted molar refractivity (Wildman–Crippen MR) is 129 cm³/mol. The number of hydrogen-bond donors (Lipinski definition) is 2. The van der Waals surface area contributed by atoms with Gasteiger partial charge in [-0.1, -0.05) is 13.8 Å². The maximum atomic E-state index is 13.5. The number of alkyl halides is 3. The second kappa shape index (κ2) is 10.5. The molecular formula is C28H41F3O6. The van der Waals surface area contributed by atoms with Gasteiger partial charge in [-0.15, -0.1) is 0 Å². The van der Waals surface area contributed by atoms with Crippen LogP contribution < -0.4 is 0 Å². The molecule has 4 saturated carbocycles. The van der Waals surface area contributed by atoms with Crippen LogP contribution in [0.1, 0.15) is 71.6 Å². The van der Waals surface area contributed by atoms with Crippen molar-refractivity contribution in [2.24, 2.45) is 46.8 Å². The van der Waals surface area contributed by atoms with Crippen molar-refractivity contribution in [2.75, 3.05) is 13.7 Å². The van der Waals surface area contributed by atoms with Gasteiger partial charge in [0.1, 0.15) is 6.10 Å². The van der Waals surface area contributed by atoms with Crippen LogP contribution in [0.5, 0.6) is 0 Å².